The molecule has 0 heterocycles. The van der Waals surface area contributed by atoms with Gasteiger partial charge in [0.2, 0.25) is 0 Å². The summed E-state index contributed by atoms with van der Waals surface area (Å²) in [4.78, 5) is 14.3. The van der Waals surface area contributed by atoms with E-state index in [2.05, 4.69) is 0 Å². The molecule has 0 fully saturated rings. The molecule has 2 N–H and O–H groups in total. The molecular formula is C6H16Hg2O5Si. The molecule has 0 aromatic carbocycles. The molecule has 0 atom stereocenters. The average molecular weight is 597 g/mol. The van der Waals surface area contributed by atoms with Crippen LogP contribution >= 0.6 is 0 Å². The van der Waals surface area contributed by atoms with E-state index in [1.807, 2.05) is 0 Å². The fourth-order valence-corrected chi connectivity index (χ4v) is 2.53. The van der Waals surface area contributed by atoms with Gasteiger partial charge in [0, 0.05) is 0 Å². The van der Waals surface area contributed by atoms with E-state index in [1.165, 1.54) is 7.86 Å². The van der Waals surface area contributed by atoms with Crippen LogP contribution in [0.1, 0.15) is 0 Å². The van der Waals surface area contributed by atoms with Crippen LogP contribution in [-0.2, 0) is 66.2 Å². The van der Waals surface area contributed by atoms with Crippen molar-refractivity contribution in [2.24, 2.45) is 0 Å². The van der Waals surface area contributed by atoms with Gasteiger partial charge in [0.05, 0.1) is 0 Å². The maximum absolute atomic E-state index is 8.74. The van der Waals surface area contributed by atoms with E-state index >= 15 is 0 Å². The molecule has 14 heavy (non-hydrogen) atoms. The summed E-state index contributed by atoms with van der Waals surface area (Å²) in [5.74, 6) is 0. The maximum Gasteiger partial charge on any atom is 0.761 e. The van der Waals surface area contributed by atoms with Gasteiger partial charge in [0.15, 0.2) is 0 Å². The van der Waals surface area contributed by atoms with Gasteiger partial charge >= 0.3 is 106 Å². The summed E-state index contributed by atoms with van der Waals surface area (Å²) >= 11 is 1.90. The van der Waals surface area contributed by atoms with Crippen LogP contribution in [0.15, 0.2) is 0 Å². The van der Waals surface area contributed by atoms with Crippen molar-refractivity contribution in [2.75, 3.05) is 27.4 Å². The molecule has 8 heteroatoms. The molecule has 0 amide bonds. The van der Waals surface area contributed by atoms with Crippen molar-refractivity contribution < 1.29 is 75.8 Å². The van der Waals surface area contributed by atoms with Crippen LogP contribution in [0, 0.1) is 0 Å². The summed E-state index contributed by atoms with van der Waals surface area (Å²) in [6.07, 6.45) is 0. The quantitative estimate of drug-likeness (QED) is 0.431. The molecule has 0 spiro atoms. The third kappa shape index (κ3) is 70.6. The molecule has 5 nitrogen and oxygen atoms in total. The number of hydrogen-bond donors (Lipinski definition) is 2. The minimum atomic E-state index is -3.13. The zero-order valence-electron chi connectivity index (χ0n) is 8.86. The molecule has 0 unspecified atom stereocenters. The van der Waals surface area contributed by atoms with Gasteiger partial charge in [0.1, 0.15) is 0 Å². The second-order valence-electron chi connectivity index (χ2n) is 1.98. The Morgan fingerprint density at radius 2 is 1.29 bits per heavy atom. The Labute approximate surface area is 119 Å². The smallest absolute Gasteiger partial charge is 0.511 e. The van der Waals surface area contributed by atoms with Crippen LogP contribution in [0.3, 0.4) is 0 Å². The van der Waals surface area contributed by atoms with Crippen molar-refractivity contribution in [1.29, 1.82) is 0 Å². The van der Waals surface area contributed by atoms with E-state index in [4.69, 9.17) is 23.5 Å². The predicted molar refractivity (Wildman–Crippen MR) is 44.2 cm³/mol. The van der Waals surface area contributed by atoms with E-state index in [1.54, 1.807) is 14.2 Å². The molecule has 0 aromatic heterocycles. The third-order valence-corrected chi connectivity index (χ3v) is 2.94. The Bertz CT molecular complexity index is 92.2. The first-order valence-corrected chi connectivity index (χ1v) is 13.1. The molecule has 0 radical (unpaired) electrons. The van der Waals surface area contributed by atoms with Crippen molar-refractivity contribution in [3.05, 3.63) is 0 Å². The zero-order valence-corrected chi connectivity index (χ0v) is 20.9. The summed E-state index contributed by atoms with van der Waals surface area (Å²) in [7, 11) is 0.356. The first-order valence-electron chi connectivity index (χ1n) is 4.05. The van der Waals surface area contributed by atoms with Crippen LogP contribution < -0.4 is 0 Å². The molecule has 0 rings (SSSR count). The summed E-state index contributed by atoms with van der Waals surface area (Å²) in [5.41, 5.74) is 0. The molecule has 0 saturated heterocycles. The Morgan fingerprint density at radius 3 is 1.29 bits per heavy atom. The Hall–Kier alpha value is 1.41. The maximum atomic E-state index is 8.74. The molecule has 0 saturated carbocycles. The topological polar surface area (TPSA) is 76.0 Å². The van der Waals surface area contributed by atoms with Crippen molar-refractivity contribution in [3.8, 4) is 0 Å². The first kappa shape index (κ1) is 20.8. The minimum Gasteiger partial charge on any atom is -0.511 e. The van der Waals surface area contributed by atoms with E-state index in [-0.39, 0.29) is 0 Å². The van der Waals surface area contributed by atoms with E-state index in [0.717, 1.165) is 65.5 Å². The number of rotatable bonds is 4. The van der Waals surface area contributed by atoms with E-state index in [9.17, 15) is 0 Å². The van der Waals surface area contributed by atoms with E-state index in [0.29, 0.717) is 0 Å². The first-order chi connectivity index (χ1) is 6.56. The van der Waals surface area contributed by atoms with Crippen LogP contribution in [0.2, 0.25) is 7.86 Å². The van der Waals surface area contributed by atoms with Crippen LogP contribution in [-0.4, -0.2) is 46.2 Å². The van der Waals surface area contributed by atoms with Gasteiger partial charge in [-0.05, 0) is 0 Å². The number of ether oxygens (including phenoxy) is 2. The molecule has 0 aliphatic carbocycles. The molecule has 0 aromatic rings. The van der Waals surface area contributed by atoms with Gasteiger partial charge in [-0.2, -0.15) is 0 Å². The largest absolute Gasteiger partial charge is 0.761 e. The average Bonchev–Trinajstić information content (AvgIpc) is 2.07. The van der Waals surface area contributed by atoms with Crippen LogP contribution in [0.4, 0.5) is 0 Å². The Kier molecular flexibility index (Phi) is 35.5. The second kappa shape index (κ2) is 23.9. The van der Waals surface area contributed by atoms with Gasteiger partial charge in [-0.25, -0.2) is 0 Å². The zero-order chi connectivity index (χ0) is 11.8. The molecule has 78 valence electrons. The standard InChI is InChI=1S/2C3H7O.2Hg.H2O3Si/c2*1-3-4-2;;;1-4(2)3/h2*1,3H2,2H3;;;1-2H. The van der Waals surface area contributed by atoms with Gasteiger partial charge in [0.25, 0.3) is 0 Å². The number of methoxy groups -OCH3 is 2. The van der Waals surface area contributed by atoms with Crippen molar-refractivity contribution >= 4 is 9.17 Å². The monoisotopic (exact) mass is 600 g/mol. The van der Waals surface area contributed by atoms with Gasteiger partial charge in [-0.3, -0.25) is 4.46 Å². The summed E-state index contributed by atoms with van der Waals surface area (Å²) in [6.45, 7) is 1.95. The van der Waals surface area contributed by atoms with Crippen LogP contribution in [0.25, 0.3) is 0 Å². The third-order valence-electron chi connectivity index (χ3n) is 0.697. The Morgan fingerprint density at radius 1 is 1.07 bits per heavy atom. The minimum absolute atomic E-state index is 0.948. The van der Waals surface area contributed by atoms with Gasteiger partial charge in [-0.15, -0.1) is 0 Å². The summed E-state index contributed by atoms with van der Waals surface area (Å²) < 4.78 is 20.9. The fraction of sp³-hybridized carbons (Fsp3) is 1.00. The molecule has 0 bridgehead atoms. The van der Waals surface area contributed by atoms with Crippen molar-refractivity contribution in [2.45, 2.75) is 7.86 Å². The Balaban J connectivity index is -0.000000131. The summed E-state index contributed by atoms with van der Waals surface area (Å²) in [5, 5.41) is 0. The summed E-state index contributed by atoms with van der Waals surface area (Å²) in [6, 6.07) is 0. The normalized spacial score (nSPS) is 7.86. The van der Waals surface area contributed by atoms with Gasteiger partial charge in [-0.1, -0.05) is 0 Å². The van der Waals surface area contributed by atoms with Crippen molar-refractivity contribution in [3.63, 3.8) is 0 Å². The SMILES string of the molecule is COC[CH2][Hg].COC[CH2][Hg].O=[Si](O)O. The molecule has 0 aliphatic rings. The fourth-order valence-electron chi connectivity index (χ4n) is 0.289. The molecule has 0 aliphatic heterocycles. The van der Waals surface area contributed by atoms with Crippen molar-refractivity contribution in [1.82, 2.24) is 0 Å². The van der Waals surface area contributed by atoms with Gasteiger partial charge < -0.3 is 9.59 Å². The number of hydrogen-bond acceptors (Lipinski definition) is 3. The van der Waals surface area contributed by atoms with E-state index < -0.39 is 9.17 Å². The second-order valence-corrected chi connectivity index (χ2v) is 8.04. The predicted octanol–water partition coefficient (Wildman–Crippen LogP) is -0.418. The molecular weight excluding hydrogens is 581 g/mol. The van der Waals surface area contributed by atoms with Crippen LogP contribution in [0.5, 0.6) is 0 Å².